The predicted octanol–water partition coefficient (Wildman–Crippen LogP) is 3.62. The van der Waals surface area contributed by atoms with Crippen molar-refractivity contribution < 1.29 is 23.8 Å². The van der Waals surface area contributed by atoms with Gasteiger partial charge in [-0.15, -0.1) is 0 Å². The van der Waals surface area contributed by atoms with Crippen LogP contribution in [0.25, 0.3) is 6.08 Å². The molecule has 0 saturated heterocycles. The van der Waals surface area contributed by atoms with Crippen LogP contribution in [0.1, 0.15) is 18.1 Å². The van der Waals surface area contributed by atoms with Crippen molar-refractivity contribution in [2.45, 2.75) is 13.3 Å². The molecule has 0 N–H and O–H groups in total. The smallest absolute Gasteiger partial charge is 0.340 e. The molecule has 1 amide bonds. The molecule has 1 aliphatic rings. The molecule has 6 nitrogen and oxygen atoms in total. The lowest BCUT2D eigenvalue weighted by molar-refractivity contribution is -0.136. The van der Waals surface area contributed by atoms with Gasteiger partial charge in [0.15, 0.2) is 11.5 Å². The van der Waals surface area contributed by atoms with Crippen molar-refractivity contribution in [2.75, 3.05) is 27.9 Å². The number of methoxy groups -OCH3 is 3. The van der Waals surface area contributed by atoms with Gasteiger partial charge in [0.05, 0.1) is 32.5 Å². The molecule has 0 saturated carbocycles. The highest BCUT2D eigenvalue weighted by molar-refractivity contribution is 6.16. The zero-order valence-corrected chi connectivity index (χ0v) is 17.6. The lowest BCUT2D eigenvalue weighted by Gasteiger charge is -2.18. The van der Waals surface area contributed by atoms with Gasteiger partial charge in [0.25, 0.3) is 5.91 Å². The Labute approximate surface area is 176 Å². The molecule has 1 aliphatic heterocycles. The van der Waals surface area contributed by atoms with E-state index in [1.54, 1.807) is 32.1 Å². The van der Waals surface area contributed by atoms with E-state index in [4.69, 9.17) is 14.2 Å². The van der Waals surface area contributed by atoms with Crippen LogP contribution in [0, 0.1) is 0 Å². The molecule has 30 heavy (non-hydrogen) atoms. The minimum absolute atomic E-state index is 0.211. The van der Waals surface area contributed by atoms with Crippen molar-refractivity contribution in [3.63, 3.8) is 0 Å². The third-order valence-corrected chi connectivity index (χ3v) is 5.08. The van der Waals surface area contributed by atoms with Gasteiger partial charge in [0.2, 0.25) is 0 Å². The Kier molecular flexibility index (Phi) is 6.57. The van der Waals surface area contributed by atoms with Crippen molar-refractivity contribution in [3.05, 3.63) is 76.5 Å². The molecule has 1 heterocycles. The van der Waals surface area contributed by atoms with E-state index in [9.17, 15) is 9.59 Å². The quantitative estimate of drug-likeness (QED) is 0.518. The van der Waals surface area contributed by atoms with Gasteiger partial charge in [-0.25, -0.2) is 4.79 Å². The SMILES string of the molecule is COC(=O)C1=C(C)N(CCc2ccc(OC)c(OC)c2)C(=O)/C1=C\c1ccccc1. The molecule has 0 spiro atoms. The van der Waals surface area contributed by atoms with Crippen LogP contribution in [-0.4, -0.2) is 44.7 Å². The first-order valence-electron chi connectivity index (χ1n) is 9.59. The number of carbonyl (C=O) groups excluding carboxylic acids is 2. The van der Waals surface area contributed by atoms with Gasteiger partial charge in [0.1, 0.15) is 0 Å². The van der Waals surface area contributed by atoms with E-state index >= 15 is 0 Å². The minimum atomic E-state index is -0.517. The van der Waals surface area contributed by atoms with E-state index < -0.39 is 5.97 Å². The fraction of sp³-hybridized carbons (Fsp3) is 0.250. The molecule has 3 rings (SSSR count). The number of hydrogen-bond acceptors (Lipinski definition) is 5. The monoisotopic (exact) mass is 407 g/mol. The molecule has 2 aromatic carbocycles. The molecule has 0 unspecified atom stereocenters. The Morgan fingerprint density at radius 1 is 1.00 bits per heavy atom. The highest BCUT2D eigenvalue weighted by Crippen LogP contribution is 2.32. The first-order valence-corrected chi connectivity index (χ1v) is 9.59. The van der Waals surface area contributed by atoms with Crippen LogP contribution in [0.4, 0.5) is 0 Å². The normalized spacial score (nSPS) is 15.0. The summed E-state index contributed by atoms with van der Waals surface area (Å²) in [5.41, 5.74) is 3.08. The second-order valence-electron chi connectivity index (χ2n) is 6.82. The molecule has 6 heteroatoms. The van der Waals surface area contributed by atoms with Gasteiger partial charge < -0.3 is 19.1 Å². The van der Waals surface area contributed by atoms with Gasteiger partial charge in [-0.05, 0) is 42.7 Å². The topological polar surface area (TPSA) is 65.1 Å². The number of carbonyl (C=O) groups is 2. The largest absolute Gasteiger partial charge is 0.493 e. The summed E-state index contributed by atoms with van der Waals surface area (Å²) < 4.78 is 15.6. The van der Waals surface area contributed by atoms with E-state index in [1.165, 1.54) is 7.11 Å². The molecule has 2 aromatic rings. The van der Waals surface area contributed by atoms with Crippen LogP contribution in [-0.2, 0) is 20.7 Å². The summed E-state index contributed by atoms with van der Waals surface area (Å²) in [6.07, 6.45) is 2.32. The van der Waals surface area contributed by atoms with E-state index in [2.05, 4.69) is 0 Å². The fourth-order valence-electron chi connectivity index (χ4n) is 3.49. The molecule has 0 bridgehead atoms. The summed E-state index contributed by atoms with van der Waals surface area (Å²) in [6.45, 7) is 2.19. The maximum atomic E-state index is 13.2. The van der Waals surface area contributed by atoms with Gasteiger partial charge in [-0.1, -0.05) is 36.4 Å². The number of nitrogens with zero attached hydrogens (tertiary/aromatic N) is 1. The molecule has 156 valence electrons. The lowest BCUT2D eigenvalue weighted by atomic mass is 10.0. The third-order valence-electron chi connectivity index (χ3n) is 5.08. The summed E-state index contributed by atoms with van der Waals surface area (Å²) in [4.78, 5) is 27.2. The highest BCUT2D eigenvalue weighted by atomic mass is 16.5. The first-order chi connectivity index (χ1) is 14.5. The number of ether oxygens (including phenoxy) is 3. The van der Waals surface area contributed by atoms with E-state index in [-0.39, 0.29) is 5.91 Å². The predicted molar refractivity (Wildman–Crippen MR) is 114 cm³/mol. The first kappa shape index (κ1) is 21.2. The Hall–Kier alpha value is -3.54. The second-order valence-corrected chi connectivity index (χ2v) is 6.82. The van der Waals surface area contributed by atoms with Crippen molar-refractivity contribution in [2.24, 2.45) is 0 Å². The summed E-state index contributed by atoms with van der Waals surface area (Å²) in [6, 6.07) is 15.1. The van der Waals surface area contributed by atoms with Crippen molar-refractivity contribution in [1.82, 2.24) is 4.90 Å². The van der Waals surface area contributed by atoms with Crippen molar-refractivity contribution >= 4 is 18.0 Å². The maximum Gasteiger partial charge on any atom is 0.340 e. The number of hydrogen-bond donors (Lipinski definition) is 0. The van der Waals surface area contributed by atoms with Crippen LogP contribution >= 0.6 is 0 Å². The van der Waals surface area contributed by atoms with Crippen LogP contribution in [0.2, 0.25) is 0 Å². The van der Waals surface area contributed by atoms with Gasteiger partial charge in [0, 0.05) is 12.2 Å². The summed E-state index contributed by atoms with van der Waals surface area (Å²) in [5.74, 6) is 0.555. The van der Waals surface area contributed by atoms with Gasteiger partial charge >= 0.3 is 5.97 Å². The second kappa shape index (κ2) is 9.31. The van der Waals surface area contributed by atoms with Crippen LogP contribution in [0.15, 0.2) is 65.4 Å². The fourth-order valence-corrected chi connectivity index (χ4v) is 3.49. The molecule has 0 radical (unpaired) electrons. The number of rotatable bonds is 7. The van der Waals surface area contributed by atoms with E-state index in [1.807, 2.05) is 48.5 Å². The highest BCUT2D eigenvalue weighted by Gasteiger charge is 2.36. The van der Waals surface area contributed by atoms with Gasteiger partial charge in [-0.2, -0.15) is 0 Å². The Morgan fingerprint density at radius 3 is 2.33 bits per heavy atom. The van der Waals surface area contributed by atoms with Crippen LogP contribution in [0.5, 0.6) is 11.5 Å². The minimum Gasteiger partial charge on any atom is -0.493 e. The summed E-state index contributed by atoms with van der Waals surface area (Å²) >= 11 is 0. The molecule has 0 atom stereocenters. The van der Waals surface area contributed by atoms with E-state index in [0.29, 0.717) is 41.3 Å². The average molecular weight is 407 g/mol. The zero-order chi connectivity index (χ0) is 21.7. The number of benzene rings is 2. The van der Waals surface area contributed by atoms with Crippen LogP contribution in [0.3, 0.4) is 0 Å². The molecular weight excluding hydrogens is 382 g/mol. The number of esters is 1. The Balaban J connectivity index is 1.88. The number of amides is 1. The standard InChI is InChI=1S/C24H25NO5/c1-16-22(24(27)30-4)19(14-17-8-6-5-7-9-17)23(26)25(16)13-12-18-10-11-20(28-2)21(15-18)29-3/h5-11,14-15H,12-13H2,1-4H3/b19-14-. The Morgan fingerprint density at radius 2 is 1.70 bits per heavy atom. The Bertz CT molecular complexity index is 1010. The third kappa shape index (κ3) is 4.22. The van der Waals surface area contributed by atoms with Crippen molar-refractivity contribution in [3.8, 4) is 11.5 Å². The molecular formula is C24H25NO5. The van der Waals surface area contributed by atoms with Crippen molar-refractivity contribution in [1.29, 1.82) is 0 Å². The molecule has 0 fully saturated rings. The molecule has 0 aromatic heterocycles. The van der Waals surface area contributed by atoms with Gasteiger partial charge in [-0.3, -0.25) is 4.79 Å². The van der Waals surface area contributed by atoms with E-state index in [0.717, 1.165) is 11.1 Å². The summed E-state index contributed by atoms with van der Waals surface area (Å²) in [5, 5.41) is 0. The number of allylic oxidation sites excluding steroid dienone is 1. The maximum absolute atomic E-state index is 13.2. The molecule has 0 aliphatic carbocycles. The zero-order valence-electron chi connectivity index (χ0n) is 17.6. The summed E-state index contributed by atoms with van der Waals surface area (Å²) in [7, 11) is 4.49. The lowest BCUT2D eigenvalue weighted by Crippen LogP contribution is -2.27. The van der Waals surface area contributed by atoms with Crippen LogP contribution < -0.4 is 9.47 Å². The average Bonchev–Trinajstić information content (AvgIpc) is 3.01.